The van der Waals surface area contributed by atoms with Gasteiger partial charge in [-0.2, -0.15) is 0 Å². The van der Waals surface area contributed by atoms with Gasteiger partial charge in [-0.25, -0.2) is 4.79 Å². The molecule has 0 aromatic heterocycles. The maximum Gasteiger partial charge on any atom is 0.338 e. The average Bonchev–Trinajstić information content (AvgIpc) is 2.32. The van der Waals surface area contributed by atoms with Gasteiger partial charge in [-0.15, -0.1) is 0 Å². The number of rotatable bonds is 6. The summed E-state index contributed by atoms with van der Waals surface area (Å²) in [6.07, 6.45) is 0. The molecule has 0 amide bonds. The highest BCUT2D eigenvalue weighted by Crippen LogP contribution is 2.10. The predicted octanol–water partition coefficient (Wildman–Crippen LogP) is 3.58. The number of ether oxygens (including phenoxy) is 1. The number of hydrogen-bond acceptors (Lipinski definition) is 3. The predicted molar refractivity (Wildman–Crippen MR) is 83.2 cm³/mol. The highest BCUT2D eigenvalue weighted by Gasteiger charge is 2.14. The van der Waals surface area contributed by atoms with Gasteiger partial charge in [-0.05, 0) is 53.7 Å². The van der Waals surface area contributed by atoms with E-state index >= 15 is 0 Å². The quantitative estimate of drug-likeness (QED) is 0.744. The molecular formula is C17H27NO2. The molecule has 1 rings (SSSR count). The highest BCUT2D eigenvalue weighted by atomic mass is 16.5. The Morgan fingerprint density at radius 2 is 1.55 bits per heavy atom. The molecule has 0 radical (unpaired) electrons. The van der Waals surface area contributed by atoms with Gasteiger partial charge in [0, 0.05) is 18.6 Å². The van der Waals surface area contributed by atoms with Crippen molar-refractivity contribution in [2.24, 2.45) is 0 Å². The summed E-state index contributed by atoms with van der Waals surface area (Å²) in [6, 6.07) is 6.70. The Morgan fingerprint density at radius 3 is 2.00 bits per heavy atom. The van der Waals surface area contributed by atoms with Crippen molar-refractivity contribution < 1.29 is 9.53 Å². The Labute approximate surface area is 122 Å². The summed E-state index contributed by atoms with van der Waals surface area (Å²) in [4.78, 5) is 14.3. The molecule has 0 N–H and O–H groups in total. The molecule has 0 aliphatic rings. The van der Waals surface area contributed by atoms with Gasteiger partial charge in [-0.1, -0.05) is 17.2 Å². The van der Waals surface area contributed by atoms with Crippen LogP contribution < -0.4 is 0 Å². The molecular weight excluding hydrogens is 250 g/mol. The number of benzene rings is 1. The van der Waals surface area contributed by atoms with E-state index in [9.17, 15) is 4.79 Å². The van der Waals surface area contributed by atoms with Gasteiger partial charge in [0.2, 0.25) is 0 Å². The van der Waals surface area contributed by atoms with Gasteiger partial charge in [0.05, 0.1) is 5.56 Å². The molecule has 1 aromatic carbocycles. The zero-order chi connectivity index (χ0) is 15.3. The van der Waals surface area contributed by atoms with E-state index in [4.69, 9.17) is 4.74 Å². The zero-order valence-corrected chi connectivity index (χ0v) is 13.6. The van der Waals surface area contributed by atoms with Crippen molar-refractivity contribution in [3.05, 3.63) is 34.9 Å². The number of esters is 1. The van der Waals surface area contributed by atoms with Gasteiger partial charge in [0.15, 0.2) is 0 Å². The minimum absolute atomic E-state index is 0.232. The first-order chi connectivity index (χ1) is 9.31. The van der Waals surface area contributed by atoms with Gasteiger partial charge in [-0.3, -0.25) is 4.90 Å². The number of nitrogens with zero attached hydrogens (tertiary/aromatic N) is 1. The second-order valence-electron chi connectivity index (χ2n) is 5.94. The normalized spacial score (nSPS) is 11.4. The standard InChI is InChI=1S/C17H27NO2/c1-12(2)18(13(3)4)7-8-20-17(19)16-10-14(5)9-15(6)11-16/h9-13H,7-8H2,1-6H3. The Bertz CT molecular complexity index is 424. The van der Waals surface area contributed by atoms with Gasteiger partial charge in [0.1, 0.15) is 6.61 Å². The molecule has 0 saturated heterocycles. The zero-order valence-electron chi connectivity index (χ0n) is 13.6. The van der Waals surface area contributed by atoms with Crippen molar-refractivity contribution >= 4 is 5.97 Å². The second-order valence-corrected chi connectivity index (χ2v) is 5.94. The first-order valence-corrected chi connectivity index (χ1v) is 7.32. The van der Waals surface area contributed by atoms with E-state index in [0.717, 1.165) is 17.7 Å². The van der Waals surface area contributed by atoms with E-state index < -0.39 is 0 Å². The molecule has 0 unspecified atom stereocenters. The molecule has 0 aliphatic carbocycles. The number of aryl methyl sites for hydroxylation is 2. The molecule has 0 bridgehead atoms. The molecule has 1 aromatic rings. The van der Waals surface area contributed by atoms with E-state index in [-0.39, 0.29) is 5.97 Å². The molecule has 3 nitrogen and oxygen atoms in total. The number of hydrogen-bond donors (Lipinski definition) is 0. The molecule has 0 saturated carbocycles. The lowest BCUT2D eigenvalue weighted by atomic mass is 10.1. The Morgan fingerprint density at radius 1 is 1.05 bits per heavy atom. The van der Waals surface area contributed by atoms with Gasteiger partial charge in [0.25, 0.3) is 0 Å². The van der Waals surface area contributed by atoms with Gasteiger partial charge < -0.3 is 4.74 Å². The minimum atomic E-state index is -0.232. The van der Waals surface area contributed by atoms with Crippen LogP contribution in [-0.4, -0.2) is 36.1 Å². The summed E-state index contributed by atoms with van der Waals surface area (Å²) < 4.78 is 5.39. The Balaban J connectivity index is 2.55. The summed E-state index contributed by atoms with van der Waals surface area (Å²) >= 11 is 0. The van der Waals surface area contributed by atoms with Crippen LogP contribution in [0.15, 0.2) is 18.2 Å². The van der Waals surface area contributed by atoms with E-state index in [1.807, 2.05) is 26.0 Å². The molecule has 0 aliphatic heterocycles. The Kier molecular flexibility index (Phi) is 6.21. The topological polar surface area (TPSA) is 29.5 Å². The lowest BCUT2D eigenvalue weighted by Gasteiger charge is -2.30. The largest absolute Gasteiger partial charge is 0.461 e. The molecule has 0 spiro atoms. The van der Waals surface area contributed by atoms with Crippen LogP contribution in [-0.2, 0) is 4.74 Å². The SMILES string of the molecule is Cc1cc(C)cc(C(=O)OCCN(C(C)C)C(C)C)c1. The van der Waals surface area contributed by atoms with E-state index in [0.29, 0.717) is 24.3 Å². The van der Waals surface area contributed by atoms with Crippen LogP contribution in [0.3, 0.4) is 0 Å². The van der Waals surface area contributed by atoms with Crippen molar-refractivity contribution in [2.45, 2.75) is 53.6 Å². The van der Waals surface area contributed by atoms with E-state index in [2.05, 4.69) is 38.7 Å². The number of carbonyl (C=O) groups excluding carboxylic acids is 1. The third-order valence-electron chi connectivity index (χ3n) is 3.37. The fourth-order valence-corrected chi connectivity index (χ4v) is 2.53. The lowest BCUT2D eigenvalue weighted by Crippen LogP contribution is -2.39. The monoisotopic (exact) mass is 277 g/mol. The third-order valence-corrected chi connectivity index (χ3v) is 3.37. The van der Waals surface area contributed by atoms with E-state index in [1.165, 1.54) is 0 Å². The van der Waals surface area contributed by atoms with Crippen LogP contribution in [0.4, 0.5) is 0 Å². The fourth-order valence-electron chi connectivity index (χ4n) is 2.53. The molecule has 0 atom stereocenters. The fraction of sp³-hybridized carbons (Fsp3) is 0.588. The summed E-state index contributed by atoms with van der Waals surface area (Å²) in [7, 11) is 0. The van der Waals surface area contributed by atoms with Gasteiger partial charge >= 0.3 is 5.97 Å². The summed E-state index contributed by atoms with van der Waals surface area (Å²) in [6.45, 7) is 13.8. The maximum absolute atomic E-state index is 12.0. The van der Waals surface area contributed by atoms with Crippen LogP contribution in [0.1, 0.15) is 49.2 Å². The maximum atomic E-state index is 12.0. The first kappa shape index (κ1) is 16.7. The van der Waals surface area contributed by atoms with Crippen molar-refractivity contribution in [1.82, 2.24) is 4.90 Å². The summed E-state index contributed by atoms with van der Waals surface area (Å²) in [5, 5.41) is 0. The molecule has 0 heterocycles. The first-order valence-electron chi connectivity index (χ1n) is 7.32. The van der Waals surface area contributed by atoms with Crippen LogP contribution in [0, 0.1) is 13.8 Å². The second kappa shape index (κ2) is 7.44. The van der Waals surface area contributed by atoms with Crippen molar-refractivity contribution in [2.75, 3.05) is 13.2 Å². The molecule has 20 heavy (non-hydrogen) atoms. The lowest BCUT2D eigenvalue weighted by molar-refractivity contribution is 0.0417. The number of carbonyl (C=O) groups is 1. The summed E-state index contributed by atoms with van der Waals surface area (Å²) in [5.41, 5.74) is 2.81. The minimum Gasteiger partial charge on any atom is -0.461 e. The van der Waals surface area contributed by atoms with Crippen molar-refractivity contribution in [1.29, 1.82) is 0 Å². The Hall–Kier alpha value is -1.35. The van der Waals surface area contributed by atoms with Crippen LogP contribution in [0.2, 0.25) is 0 Å². The average molecular weight is 277 g/mol. The highest BCUT2D eigenvalue weighted by molar-refractivity contribution is 5.89. The summed E-state index contributed by atoms with van der Waals surface area (Å²) in [5.74, 6) is -0.232. The smallest absolute Gasteiger partial charge is 0.338 e. The molecule has 3 heteroatoms. The van der Waals surface area contributed by atoms with Crippen molar-refractivity contribution in [3.63, 3.8) is 0 Å². The molecule has 0 fully saturated rings. The van der Waals surface area contributed by atoms with Crippen molar-refractivity contribution in [3.8, 4) is 0 Å². The molecule has 112 valence electrons. The van der Waals surface area contributed by atoms with Crippen LogP contribution >= 0.6 is 0 Å². The van der Waals surface area contributed by atoms with E-state index in [1.54, 1.807) is 0 Å². The third kappa shape index (κ3) is 4.97. The van der Waals surface area contributed by atoms with Crippen LogP contribution in [0.25, 0.3) is 0 Å². The van der Waals surface area contributed by atoms with Crippen LogP contribution in [0.5, 0.6) is 0 Å².